The van der Waals surface area contributed by atoms with E-state index >= 15 is 0 Å². The molecule has 1 aromatic carbocycles. The van der Waals surface area contributed by atoms with Gasteiger partial charge < -0.3 is 9.47 Å². The average Bonchev–Trinajstić information content (AvgIpc) is 3.29. The maximum absolute atomic E-state index is 12.4. The molecule has 120 valence electrons. The van der Waals surface area contributed by atoms with Crippen LogP contribution < -0.4 is 0 Å². The maximum Gasteiger partial charge on any atom is 0.223 e. The van der Waals surface area contributed by atoms with Crippen molar-refractivity contribution in [2.24, 2.45) is 0 Å². The third kappa shape index (κ3) is 2.59. The van der Waals surface area contributed by atoms with Crippen molar-refractivity contribution in [2.45, 2.75) is 25.4 Å². The number of amides is 1. The lowest BCUT2D eigenvalue weighted by Crippen LogP contribution is -2.24. The first kappa shape index (κ1) is 15.0. The predicted molar refractivity (Wildman–Crippen MR) is 95.7 cm³/mol. The normalized spacial score (nSPS) is 17.5. The number of para-hydroxylation sites is 2. The largest absolute Gasteiger partial charge is 0.337 e. The van der Waals surface area contributed by atoms with Crippen molar-refractivity contribution in [3.8, 4) is 12.3 Å². The smallest absolute Gasteiger partial charge is 0.223 e. The molecule has 3 aromatic rings. The molecule has 1 amide bonds. The molecule has 1 aliphatic rings. The SMILES string of the molecule is C#CCn1c([C@H]2CC(=O)N(Cc3cccs3)C2)nc2ccccc21. The van der Waals surface area contributed by atoms with Crippen LogP contribution in [-0.2, 0) is 17.9 Å². The molecular formula is C19H17N3OS. The standard InChI is InChI=1S/C19H17N3OS/c1-2-9-22-17-8-4-3-7-16(17)20-19(22)14-11-18(23)21(12-14)13-15-6-5-10-24-15/h1,3-8,10,14H,9,11-13H2/t14-/m0/s1. The van der Waals surface area contributed by atoms with Crippen LogP contribution in [0.15, 0.2) is 41.8 Å². The number of aromatic nitrogens is 2. The number of terminal acetylenes is 1. The molecule has 1 saturated heterocycles. The third-order valence-corrected chi connectivity index (χ3v) is 5.30. The van der Waals surface area contributed by atoms with Gasteiger partial charge in [-0.2, -0.15) is 0 Å². The van der Waals surface area contributed by atoms with Crippen LogP contribution in [0.1, 0.15) is 23.0 Å². The summed E-state index contributed by atoms with van der Waals surface area (Å²) in [6.07, 6.45) is 6.05. The summed E-state index contributed by atoms with van der Waals surface area (Å²) in [6, 6.07) is 12.1. The number of benzene rings is 1. The Labute approximate surface area is 144 Å². The zero-order chi connectivity index (χ0) is 16.5. The first-order chi connectivity index (χ1) is 11.8. The van der Waals surface area contributed by atoms with Gasteiger partial charge in [0.25, 0.3) is 0 Å². The van der Waals surface area contributed by atoms with E-state index in [1.54, 1.807) is 11.3 Å². The van der Waals surface area contributed by atoms with Crippen molar-refractivity contribution in [1.29, 1.82) is 0 Å². The molecule has 4 rings (SSSR count). The summed E-state index contributed by atoms with van der Waals surface area (Å²) in [5.41, 5.74) is 1.97. The average molecular weight is 335 g/mol. The number of hydrogen-bond acceptors (Lipinski definition) is 3. The summed E-state index contributed by atoms with van der Waals surface area (Å²) < 4.78 is 2.07. The van der Waals surface area contributed by atoms with E-state index in [2.05, 4.69) is 16.6 Å². The van der Waals surface area contributed by atoms with Gasteiger partial charge in [0.15, 0.2) is 0 Å². The van der Waals surface area contributed by atoms with Crippen LogP contribution in [0.3, 0.4) is 0 Å². The second-order valence-corrected chi connectivity index (χ2v) is 7.04. The van der Waals surface area contributed by atoms with Crippen molar-refractivity contribution < 1.29 is 4.79 Å². The van der Waals surface area contributed by atoms with E-state index in [4.69, 9.17) is 11.4 Å². The van der Waals surface area contributed by atoms with Crippen LogP contribution >= 0.6 is 11.3 Å². The number of likely N-dealkylation sites (tertiary alicyclic amines) is 1. The summed E-state index contributed by atoms with van der Waals surface area (Å²) in [6.45, 7) is 1.86. The molecular weight excluding hydrogens is 318 g/mol. The Morgan fingerprint density at radius 1 is 1.29 bits per heavy atom. The van der Waals surface area contributed by atoms with Crippen LogP contribution in [0.25, 0.3) is 11.0 Å². The molecule has 0 saturated carbocycles. The summed E-state index contributed by atoms with van der Waals surface area (Å²) in [7, 11) is 0. The van der Waals surface area contributed by atoms with Crippen molar-refractivity contribution in [2.75, 3.05) is 6.54 Å². The third-order valence-electron chi connectivity index (χ3n) is 4.44. The van der Waals surface area contributed by atoms with Crippen molar-refractivity contribution in [1.82, 2.24) is 14.5 Å². The molecule has 5 heteroatoms. The minimum absolute atomic E-state index is 0.0956. The van der Waals surface area contributed by atoms with Crippen LogP contribution in [0, 0.1) is 12.3 Å². The summed E-state index contributed by atoms with van der Waals surface area (Å²) in [5.74, 6) is 3.92. The molecule has 0 unspecified atom stereocenters. The number of fused-ring (bicyclic) bond motifs is 1. The van der Waals surface area contributed by atoms with E-state index in [1.807, 2.05) is 40.6 Å². The number of carbonyl (C=O) groups excluding carboxylic acids is 1. The molecule has 1 fully saturated rings. The zero-order valence-electron chi connectivity index (χ0n) is 13.2. The van der Waals surface area contributed by atoms with Crippen molar-refractivity contribution in [3.63, 3.8) is 0 Å². The summed E-state index contributed by atoms with van der Waals surface area (Å²) in [4.78, 5) is 20.3. The van der Waals surface area contributed by atoms with Gasteiger partial charge in [0.1, 0.15) is 5.82 Å². The predicted octanol–water partition coefficient (Wildman–Crippen LogP) is 3.25. The summed E-state index contributed by atoms with van der Waals surface area (Å²) in [5, 5.41) is 2.04. The number of imidazole rings is 1. The minimum atomic E-state index is 0.0956. The fourth-order valence-electron chi connectivity index (χ4n) is 3.35. The van der Waals surface area contributed by atoms with Gasteiger partial charge in [0, 0.05) is 23.8 Å². The Balaban J connectivity index is 1.64. The molecule has 24 heavy (non-hydrogen) atoms. The monoisotopic (exact) mass is 335 g/mol. The van der Waals surface area contributed by atoms with E-state index in [1.165, 1.54) is 4.88 Å². The second kappa shape index (κ2) is 6.14. The highest BCUT2D eigenvalue weighted by Crippen LogP contribution is 2.31. The van der Waals surface area contributed by atoms with E-state index in [-0.39, 0.29) is 11.8 Å². The van der Waals surface area contributed by atoms with Gasteiger partial charge in [-0.3, -0.25) is 4.79 Å². The molecule has 0 bridgehead atoms. The van der Waals surface area contributed by atoms with Gasteiger partial charge in [-0.05, 0) is 23.6 Å². The van der Waals surface area contributed by atoms with Gasteiger partial charge in [0.05, 0.1) is 24.1 Å². The van der Waals surface area contributed by atoms with E-state index in [0.29, 0.717) is 26.1 Å². The van der Waals surface area contributed by atoms with E-state index < -0.39 is 0 Å². The van der Waals surface area contributed by atoms with Crippen LogP contribution in [0.2, 0.25) is 0 Å². The van der Waals surface area contributed by atoms with Gasteiger partial charge in [-0.15, -0.1) is 17.8 Å². The first-order valence-electron chi connectivity index (χ1n) is 7.95. The number of thiophene rings is 1. The quantitative estimate of drug-likeness (QED) is 0.687. The fourth-order valence-corrected chi connectivity index (χ4v) is 4.07. The Kier molecular flexibility index (Phi) is 3.83. The van der Waals surface area contributed by atoms with Gasteiger partial charge >= 0.3 is 0 Å². The fraction of sp³-hybridized carbons (Fsp3) is 0.263. The highest BCUT2D eigenvalue weighted by molar-refractivity contribution is 7.09. The Bertz CT molecular complexity index is 920. The van der Waals surface area contributed by atoms with Crippen molar-refractivity contribution in [3.05, 3.63) is 52.5 Å². The summed E-state index contributed by atoms with van der Waals surface area (Å²) >= 11 is 1.68. The lowest BCUT2D eigenvalue weighted by atomic mass is 10.1. The molecule has 0 spiro atoms. The molecule has 4 nitrogen and oxygen atoms in total. The van der Waals surface area contributed by atoms with E-state index in [0.717, 1.165) is 16.9 Å². The van der Waals surface area contributed by atoms with Gasteiger partial charge in [-0.25, -0.2) is 4.98 Å². The van der Waals surface area contributed by atoms with Crippen molar-refractivity contribution >= 4 is 28.3 Å². The Morgan fingerprint density at radius 3 is 2.96 bits per heavy atom. The van der Waals surface area contributed by atoms with Crippen LogP contribution in [-0.4, -0.2) is 26.9 Å². The lowest BCUT2D eigenvalue weighted by Gasteiger charge is -2.16. The topological polar surface area (TPSA) is 38.1 Å². The molecule has 2 aromatic heterocycles. The minimum Gasteiger partial charge on any atom is -0.337 e. The molecule has 0 radical (unpaired) electrons. The van der Waals surface area contributed by atoms with Gasteiger partial charge in [0.2, 0.25) is 5.91 Å². The Hall–Kier alpha value is -2.58. The number of nitrogens with zero attached hydrogens (tertiary/aromatic N) is 3. The van der Waals surface area contributed by atoms with E-state index in [9.17, 15) is 4.79 Å². The highest BCUT2D eigenvalue weighted by Gasteiger charge is 2.33. The number of hydrogen-bond donors (Lipinski definition) is 0. The number of carbonyl (C=O) groups is 1. The maximum atomic E-state index is 12.4. The molecule has 1 aliphatic heterocycles. The molecule has 3 heterocycles. The number of rotatable bonds is 4. The first-order valence-corrected chi connectivity index (χ1v) is 8.83. The van der Waals surface area contributed by atoms with Crippen LogP contribution in [0.5, 0.6) is 0 Å². The Morgan fingerprint density at radius 2 is 2.17 bits per heavy atom. The molecule has 0 N–H and O–H groups in total. The van der Waals surface area contributed by atoms with Crippen LogP contribution in [0.4, 0.5) is 0 Å². The highest BCUT2D eigenvalue weighted by atomic mass is 32.1. The second-order valence-electron chi connectivity index (χ2n) is 6.00. The lowest BCUT2D eigenvalue weighted by molar-refractivity contribution is -0.128. The zero-order valence-corrected chi connectivity index (χ0v) is 14.0. The molecule has 1 atom stereocenters. The molecule has 0 aliphatic carbocycles. The van der Waals surface area contributed by atoms with Gasteiger partial charge in [-0.1, -0.05) is 24.1 Å².